The maximum Gasteiger partial charge on any atom is 0.189 e. The molecule has 0 unspecified atom stereocenters. The Morgan fingerprint density at radius 1 is 1.30 bits per heavy atom. The van der Waals surface area contributed by atoms with Crippen molar-refractivity contribution < 1.29 is 4.79 Å². The number of aryl methyl sites for hydroxylation is 2. The average molecular weight is 268 g/mol. The van der Waals surface area contributed by atoms with Crippen LogP contribution >= 0.6 is 0 Å². The van der Waals surface area contributed by atoms with Gasteiger partial charge >= 0.3 is 0 Å². The number of allylic oxidation sites excluding steroid dienone is 1. The summed E-state index contributed by atoms with van der Waals surface area (Å²) in [6.45, 7) is 8.18. The van der Waals surface area contributed by atoms with Gasteiger partial charge in [-0.15, -0.1) is 0 Å². The van der Waals surface area contributed by atoms with E-state index in [4.69, 9.17) is 0 Å². The summed E-state index contributed by atoms with van der Waals surface area (Å²) in [7, 11) is 0. The smallest absolute Gasteiger partial charge is 0.189 e. The number of benzene rings is 1. The number of ketones is 1. The maximum atomic E-state index is 12.1. The molecule has 0 N–H and O–H groups in total. The fourth-order valence-electron chi connectivity index (χ4n) is 2.02. The molecule has 104 valence electrons. The largest absolute Gasteiger partial charge is 0.289 e. The normalized spacial score (nSPS) is 11.4. The minimum Gasteiger partial charge on any atom is -0.289 e. The highest BCUT2D eigenvalue weighted by molar-refractivity contribution is 6.06. The third-order valence-electron chi connectivity index (χ3n) is 3.25. The summed E-state index contributed by atoms with van der Waals surface area (Å²) in [5, 5.41) is 4.18. The highest BCUT2D eigenvalue weighted by atomic mass is 16.1. The minimum atomic E-state index is -0.0168. The molecule has 0 aliphatic rings. The molecule has 0 saturated heterocycles. The third-order valence-corrected chi connectivity index (χ3v) is 3.25. The van der Waals surface area contributed by atoms with Crippen molar-refractivity contribution in [1.29, 1.82) is 0 Å². The molecule has 0 amide bonds. The Bertz CT molecular complexity index is 651. The first-order valence-electron chi connectivity index (χ1n) is 6.81. The van der Waals surface area contributed by atoms with Gasteiger partial charge in [-0.25, -0.2) is 0 Å². The number of carbonyl (C=O) groups is 1. The van der Waals surface area contributed by atoms with Crippen molar-refractivity contribution >= 4 is 11.9 Å². The zero-order valence-corrected chi connectivity index (χ0v) is 12.4. The molecule has 1 heterocycles. The monoisotopic (exact) mass is 268 g/mol. The molecule has 0 atom stereocenters. The molecule has 2 aromatic rings. The second-order valence-corrected chi connectivity index (χ2v) is 5.36. The molecule has 2 rings (SSSR count). The second kappa shape index (κ2) is 5.87. The average Bonchev–Trinajstić information content (AvgIpc) is 2.87. The van der Waals surface area contributed by atoms with Crippen LogP contribution in [-0.2, 0) is 0 Å². The third kappa shape index (κ3) is 3.23. The van der Waals surface area contributed by atoms with Crippen molar-refractivity contribution in [2.24, 2.45) is 0 Å². The van der Waals surface area contributed by atoms with Crippen LogP contribution in [0.1, 0.15) is 46.9 Å². The highest BCUT2D eigenvalue weighted by Gasteiger charge is 2.07. The fourth-order valence-corrected chi connectivity index (χ4v) is 2.02. The van der Waals surface area contributed by atoms with Gasteiger partial charge < -0.3 is 0 Å². The second-order valence-electron chi connectivity index (χ2n) is 5.36. The molecule has 0 aliphatic carbocycles. The van der Waals surface area contributed by atoms with E-state index in [-0.39, 0.29) is 11.8 Å². The molecule has 0 saturated carbocycles. The molecule has 20 heavy (non-hydrogen) atoms. The van der Waals surface area contributed by atoms with Gasteiger partial charge in [0, 0.05) is 12.2 Å². The molecule has 3 nitrogen and oxygen atoms in total. The van der Waals surface area contributed by atoms with Crippen LogP contribution in [0.4, 0.5) is 0 Å². The first-order valence-corrected chi connectivity index (χ1v) is 6.81. The lowest BCUT2D eigenvalue weighted by Crippen LogP contribution is -2.00. The van der Waals surface area contributed by atoms with Gasteiger partial charge in [-0.3, -0.25) is 9.48 Å². The lowest BCUT2D eigenvalue weighted by molar-refractivity contribution is 0.104. The quantitative estimate of drug-likeness (QED) is 0.621. The van der Waals surface area contributed by atoms with E-state index in [0.717, 1.165) is 5.56 Å². The van der Waals surface area contributed by atoms with Gasteiger partial charge in [-0.05, 0) is 44.9 Å². The zero-order chi connectivity index (χ0) is 14.7. The fraction of sp³-hybridized carbons (Fsp3) is 0.294. The van der Waals surface area contributed by atoms with Crippen molar-refractivity contribution in [3.8, 4) is 0 Å². The number of carbonyl (C=O) groups excluding carboxylic acids is 1. The van der Waals surface area contributed by atoms with E-state index in [1.165, 1.54) is 11.1 Å². The summed E-state index contributed by atoms with van der Waals surface area (Å²) in [4.78, 5) is 12.1. The van der Waals surface area contributed by atoms with Gasteiger partial charge in [0.05, 0.1) is 11.8 Å². The molecule has 0 radical (unpaired) electrons. The van der Waals surface area contributed by atoms with Crippen LogP contribution in [0.15, 0.2) is 36.7 Å². The molecule has 3 heteroatoms. The van der Waals surface area contributed by atoms with Gasteiger partial charge in [0.1, 0.15) is 0 Å². The van der Waals surface area contributed by atoms with E-state index in [1.807, 2.05) is 39.0 Å². The van der Waals surface area contributed by atoms with Crippen molar-refractivity contribution in [3.05, 3.63) is 58.9 Å². The topological polar surface area (TPSA) is 34.9 Å². The standard InChI is InChI=1S/C17H20N2O/c1-12(2)19-11-16(10-18-19)17(20)8-7-15-6-5-13(3)9-14(15)4/h5-12H,1-4H3. The molecular weight excluding hydrogens is 248 g/mol. The number of nitrogens with zero attached hydrogens (tertiary/aromatic N) is 2. The first kappa shape index (κ1) is 14.3. The number of rotatable bonds is 4. The van der Waals surface area contributed by atoms with Crippen molar-refractivity contribution in [3.63, 3.8) is 0 Å². The van der Waals surface area contributed by atoms with Crippen molar-refractivity contribution in [1.82, 2.24) is 9.78 Å². The van der Waals surface area contributed by atoms with Crippen LogP contribution in [0.25, 0.3) is 6.08 Å². The Labute approximate surface area is 119 Å². The summed E-state index contributed by atoms with van der Waals surface area (Å²) in [5.41, 5.74) is 4.09. The molecule has 0 fully saturated rings. The Morgan fingerprint density at radius 2 is 2.05 bits per heavy atom. The van der Waals surface area contributed by atoms with Gasteiger partial charge in [-0.1, -0.05) is 29.8 Å². The number of aromatic nitrogens is 2. The molecule has 1 aromatic carbocycles. The molecule has 0 bridgehead atoms. The lowest BCUT2D eigenvalue weighted by Gasteiger charge is -2.02. The Morgan fingerprint density at radius 3 is 2.65 bits per heavy atom. The van der Waals surface area contributed by atoms with Crippen LogP contribution in [-0.4, -0.2) is 15.6 Å². The van der Waals surface area contributed by atoms with Crippen molar-refractivity contribution in [2.75, 3.05) is 0 Å². The number of hydrogen-bond acceptors (Lipinski definition) is 2. The Balaban J connectivity index is 2.15. The molecular formula is C17H20N2O. The first-order chi connectivity index (χ1) is 9.47. The van der Waals surface area contributed by atoms with E-state index < -0.39 is 0 Å². The van der Waals surface area contributed by atoms with Crippen LogP contribution < -0.4 is 0 Å². The lowest BCUT2D eigenvalue weighted by atomic mass is 10.0. The molecule has 1 aromatic heterocycles. The summed E-state index contributed by atoms with van der Waals surface area (Å²) in [5.74, 6) is -0.0168. The zero-order valence-electron chi connectivity index (χ0n) is 12.4. The highest BCUT2D eigenvalue weighted by Crippen LogP contribution is 2.13. The van der Waals surface area contributed by atoms with Gasteiger partial charge in [-0.2, -0.15) is 5.10 Å². The van der Waals surface area contributed by atoms with Crippen LogP contribution in [0.2, 0.25) is 0 Å². The van der Waals surface area contributed by atoms with Crippen LogP contribution in [0.5, 0.6) is 0 Å². The maximum absolute atomic E-state index is 12.1. The van der Waals surface area contributed by atoms with Crippen LogP contribution in [0.3, 0.4) is 0 Å². The van der Waals surface area contributed by atoms with Gasteiger partial charge in [0.2, 0.25) is 0 Å². The van der Waals surface area contributed by atoms with Gasteiger partial charge in [0.15, 0.2) is 5.78 Å². The predicted octanol–water partition coefficient (Wildman–Crippen LogP) is 3.98. The molecule has 0 spiro atoms. The summed E-state index contributed by atoms with van der Waals surface area (Å²) < 4.78 is 1.79. The van der Waals surface area contributed by atoms with E-state index in [9.17, 15) is 4.79 Å². The summed E-state index contributed by atoms with van der Waals surface area (Å²) in [6.07, 6.45) is 6.89. The Kier molecular flexibility index (Phi) is 4.18. The minimum absolute atomic E-state index is 0.0168. The van der Waals surface area contributed by atoms with Gasteiger partial charge in [0.25, 0.3) is 0 Å². The SMILES string of the molecule is Cc1ccc(C=CC(=O)c2cnn(C(C)C)c2)c(C)c1. The van der Waals surface area contributed by atoms with E-state index in [1.54, 1.807) is 23.2 Å². The van der Waals surface area contributed by atoms with E-state index in [0.29, 0.717) is 5.56 Å². The Hall–Kier alpha value is -2.16. The summed E-state index contributed by atoms with van der Waals surface area (Å²) >= 11 is 0. The summed E-state index contributed by atoms with van der Waals surface area (Å²) in [6, 6.07) is 6.46. The van der Waals surface area contributed by atoms with Crippen molar-refractivity contribution in [2.45, 2.75) is 33.7 Å². The molecule has 0 aliphatic heterocycles. The van der Waals surface area contributed by atoms with Crippen LogP contribution in [0, 0.1) is 13.8 Å². The number of hydrogen-bond donors (Lipinski definition) is 0. The van der Waals surface area contributed by atoms with E-state index >= 15 is 0 Å². The van der Waals surface area contributed by atoms with E-state index in [2.05, 4.69) is 18.1 Å². The predicted molar refractivity (Wildman–Crippen MR) is 81.9 cm³/mol.